The molecule has 1 atom stereocenters. The number of rotatable bonds is 4. The van der Waals surface area contributed by atoms with E-state index in [0.29, 0.717) is 17.3 Å². The predicted molar refractivity (Wildman–Crippen MR) is 113 cm³/mol. The molecule has 1 aromatic rings. The van der Waals surface area contributed by atoms with Crippen molar-refractivity contribution in [3.63, 3.8) is 0 Å². The first kappa shape index (κ1) is 20.5. The molecule has 4 rings (SSSR count). The van der Waals surface area contributed by atoms with Crippen molar-refractivity contribution in [2.24, 2.45) is 23.7 Å². The highest BCUT2D eigenvalue weighted by atomic mass is 32.2. The second-order valence-corrected chi connectivity index (χ2v) is 9.73. The molecule has 0 heterocycles. The van der Waals surface area contributed by atoms with Crippen LogP contribution in [0.3, 0.4) is 0 Å². The molecule has 0 spiro atoms. The van der Waals surface area contributed by atoms with Crippen molar-refractivity contribution in [1.82, 2.24) is 0 Å². The highest BCUT2D eigenvalue weighted by Gasteiger charge is 2.31. The Morgan fingerprint density at radius 1 is 0.897 bits per heavy atom. The number of halogens is 2. The largest absolute Gasteiger partial charge is 0.206 e. The number of nitrogens with zero attached hydrogens (tertiary/aromatic N) is 1. The van der Waals surface area contributed by atoms with Crippen LogP contribution in [0.4, 0.5) is 8.78 Å². The highest BCUT2D eigenvalue weighted by Crippen LogP contribution is 2.44. The summed E-state index contributed by atoms with van der Waals surface area (Å²) >= 11 is 0.499. The van der Waals surface area contributed by atoms with E-state index >= 15 is 0 Å². The molecule has 0 amide bonds. The van der Waals surface area contributed by atoms with Crippen LogP contribution in [-0.4, -0.2) is 0 Å². The van der Waals surface area contributed by atoms with Crippen molar-refractivity contribution < 1.29 is 8.78 Å². The Morgan fingerprint density at radius 3 is 2.10 bits per heavy atom. The van der Waals surface area contributed by atoms with Crippen molar-refractivity contribution in [2.75, 3.05) is 0 Å². The third-order valence-corrected chi connectivity index (χ3v) is 7.57. The van der Waals surface area contributed by atoms with Gasteiger partial charge in [-0.1, -0.05) is 43.6 Å². The quantitative estimate of drug-likeness (QED) is 0.297. The van der Waals surface area contributed by atoms with Gasteiger partial charge in [-0.25, -0.2) is 8.78 Å². The van der Waals surface area contributed by atoms with E-state index in [0.717, 1.165) is 42.1 Å². The number of hydrogen-bond acceptors (Lipinski definition) is 2. The van der Waals surface area contributed by atoms with Gasteiger partial charge in [0.15, 0.2) is 0 Å². The van der Waals surface area contributed by atoms with Gasteiger partial charge in [0.25, 0.3) is 0 Å². The van der Waals surface area contributed by atoms with Gasteiger partial charge in [0.05, 0.1) is 4.90 Å². The van der Waals surface area contributed by atoms with Crippen LogP contribution in [0, 0.1) is 57.8 Å². The van der Waals surface area contributed by atoms with Crippen LogP contribution >= 0.6 is 11.8 Å². The minimum Gasteiger partial charge on any atom is -0.206 e. The minimum atomic E-state index is -0.726. The molecule has 0 radical (unpaired) electrons. The molecule has 152 valence electrons. The van der Waals surface area contributed by atoms with Gasteiger partial charge in [0.1, 0.15) is 17.0 Å². The molecule has 29 heavy (non-hydrogen) atoms. The summed E-state index contributed by atoms with van der Waals surface area (Å²) < 4.78 is 27.9. The molecule has 0 aliphatic heterocycles. The molecule has 3 aliphatic rings. The van der Waals surface area contributed by atoms with Gasteiger partial charge in [-0.15, -0.1) is 0 Å². The molecule has 0 bridgehead atoms. The Hall–Kier alpha value is -1.78. The van der Waals surface area contributed by atoms with Crippen LogP contribution < -0.4 is 0 Å². The summed E-state index contributed by atoms with van der Waals surface area (Å²) in [5, 5.41) is 10.3. The Labute approximate surface area is 177 Å². The Bertz CT molecular complexity index is 853. The summed E-state index contributed by atoms with van der Waals surface area (Å²) in [6, 6.07) is 2.42. The maximum absolute atomic E-state index is 13.9. The van der Waals surface area contributed by atoms with E-state index in [1.165, 1.54) is 63.5 Å². The molecular formula is C25H27F2NS. The standard InChI is InChI=1S/C25H27F2NS/c26-23-14-20(15-24(27)25(23)29-16-28)4-1-17-5-9-21(10-6-17)22-11-7-19(8-12-22)13-18-2-3-18/h5,14-15,18-19,21-22H,2-3,6-13H2. The SMILES string of the molecule is N#CSc1c(F)cc(C#CC2=CCC(C3CCC(CC4CC4)CC3)CC2)cc1F. The molecule has 1 nitrogen and oxygen atoms in total. The van der Waals surface area contributed by atoms with E-state index in [1.54, 1.807) is 5.40 Å². The Morgan fingerprint density at radius 2 is 1.55 bits per heavy atom. The fourth-order valence-corrected chi connectivity index (χ4v) is 5.45. The zero-order chi connectivity index (χ0) is 20.2. The molecule has 4 heteroatoms. The van der Waals surface area contributed by atoms with Crippen LogP contribution in [0.15, 0.2) is 28.7 Å². The topological polar surface area (TPSA) is 23.8 Å². The van der Waals surface area contributed by atoms with Crippen molar-refractivity contribution in [1.29, 1.82) is 5.26 Å². The summed E-state index contributed by atoms with van der Waals surface area (Å²) in [7, 11) is 0. The van der Waals surface area contributed by atoms with Gasteiger partial charge >= 0.3 is 0 Å². The first-order valence-electron chi connectivity index (χ1n) is 10.9. The monoisotopic (exact) mass is 411 g/mol. The third kappa shape index (κ3) is 5.43. The molecule has 0 N–H and O–H groups in total. The lowest BCUT2D eigenvalue weighted by Gasteiger charge is -2.35. The smallest absolute Gasteiger partial charge is 0.142 e. The summed E-state index contributed by atoms with van der Waals surface area (Å²) in [6.45, 7) is 0. The zero-order valence-electron chi connectivity index (χ0n) is 16.7. The lowest BCUT2D eigenvalue weighted by molar-refractivity contribution is 0.184. The van der Waals surface area contributed by atoms with Crippen molar-refractivity contribution in [3.8, 4) is 17.2 Å². The number of hydrogen-bond donors (Lipinski definition) is 0. The van der Waals surface area contributed by atoms with Crippen LogP contribution in [0.2, 0.25) is 0 Å². The average Bonchev–Trinajstić information content (AvgIpc) is 3.54. The van der Waals surface area contributed by atoms with Gasteiger partial charge in [0.2, 0.25) is 0 Å². The van der Waals surface area contributed by atoms with Crippen molar-refractivity contribution in [3.05, 3.63) is 41.0 Å². The van der Waals surface area contributed by atoms with Crippen LogP contribution in [-0.2, 0) is 0 Å². The van der Waals surface area contributed by atoms with E-state index in [4.69, 9.17) is 5.26 Å². The fourth-order valence-electron chi connectivity index (χ4n) is 5.04. The second kappa shape index (κ2) is 9.36. The van der Waals surface area contributed by atoms with Crippen LogP contribution in [0.1, 0.15) is 69.8 Å². The van der Waals surface area contributed by atoms with Crippen LogP contribution in [0.25, 0.3) is 0 Å². The van der Waals surface area contributed by atoms with Gasteiger partial charge in [-0.3, -0.25) is 0 Å². The lowest BCUT2D eigenvalue weighted by Crippen LogP contribution is -2.23. The molecular weight excluding hydrogens is 384 g/mol. The highest BCUT2D eigenvalue weighted by molar-refractivity contribution is 8.03. The number of benzene rings is 1. The summed E-state index contributed by atoms with van der Waals surface area (Å²) in [5.41, 5.74) is 1.40. The van der Waals surface area contributed by atoms with Crippen molar-refractivity contribution in [2.45, 2.75) is 69.1 Å². The number of thioether (sulfide) groups is 1. The molecule has 0 saturated heterocycles. The van der Waals surface area contributed by atoms with Crippen molar-refractivity contribution >= 4 is 11.8 Å². The van der Waals surface area contributed by atoms with Crippen LogP contribution in [0.5, 0.6) is 0 Å². The third-order valence-electron chi connectivity index (χ3n) is 6.89. The molecule has 3 aliphatic carbocycles. The first-order chi connectivity index (χ1) is 14.1. The fraction of sp³-hybridized carbons (Fsp3) is 0.560. The number of nitriles is 1. The maximum atomic E-state index is 13.9. The Kier molecular flexibility index (Phi) is 6.61. The van der Waals surface area contributed by atoms with E-state index < -0.39 is 11.6 Å². The van der Waals surface area contributed by atoms with E-state index in [1.807, 2.05) is 0 Å². The zero-order valence-corrected chi connectivity index (χ0v) is 17.5. The summed E-state index contributed by atoms with van der Waals surface area (Å²) in [5.74, 6) is 8.24. The molecule has 2 fully saturated rings. The van der Waals surface area contributed by atoms with Gasteiger partial charge in [-0.2, -0.15) is 5.26 Å². The maximum Gasteiger partial charge on any atom is 0.142 e. The number of allylic oxidation sites excluding steroid dienone is 2. The minimum absolute atomic E-state index is 0.260. The Balaban J connectivity index is 1.31. The van der Waals surface area contributed by atoms with Gasteiger partial charge in [-0.05, 0) is 91.7 Å². The molecule has 2 saturated carbocycles. The predicted octanol–water partition coefficient (Wildman–Crippen LogP) is 7.22. The van der Waals surface area contributed by atoms with E-state index in [2.05, 4.69) is 17.9 Å². The first-order valence-corrected chi connectivity index (χ1v) is 11.7. The summed E-state index contributed by atoms with van der Waals surface area (Å²) in [6.07, 6.45) is 15.5. The molecule has 0 aromatic heterocycles. The van der Waals surface area contributed by atoms with Gasteiger partial charge < -0.3 is 0 Å². The van der Waals surface area contributed by atoms with E-state index in [9.17, 15) is 8.78 Å². The average molecular weight is 412 g/mol. The van der Waals surface area contributed by atoms with E-state index in [-0.39, 0.29) is 4.90 Å². The van der Waals surface area contributed by atoms with Gasteiger partial charge in [0, 0.05) is 5.56 Å². The molecule has 1 unspecified atom stereocenters. The molecule has 1 aromatic carbocycles. The number of thiocyanates is 1. The second-order valence-electron chi connectivity index (χ2n) is 8.94. The lowest BCUT2D eigenvalue weighted by atomic mass is 9.70. The summed E-state index contributed by atoms with van der Waals surface area (Å²) in [4.78, 5) is -0.260. The normalized spacial score (nSPS) is 26.8.